The van der Waals surface area contributed by atoms with Crippen LogP contribution >= 0.6 is 12.4 Å². The lowest BCUT2D eigenvalue weighted by Gasteiger charge is -2.33. The third-order valence-electron chi connectivity index (χ3n) is 3.45. The maximum absolute atomic E-state index is 11.9. The molecule has 1 fully saturated rings. The van der Waals surface area contributed by atoms with Crippen LogP contribution in [0.2, 0.25) is 0 Å². The molecule has 4 nitrogen and oxygen atoms in total. The first-order valence-electron chi connectivity index (χ1n) is 6.63. The van der Waals surface area contributed by atoms with E-state index in [2.05, 4.69) is 0 Å². The van der Waals surface area contributed by atoms with Crippen LogP contribution in [-0.2, 0) is 9.53 Å². The first kappa shape index (κ1) is 17.7. The van der Waals surface area contributed by atoms with Crippen molar-refractivity contribution in [2.75, 3.05) is 13.7 Å². The summed E-state index contributed by atoms with van der Waals surface area (Å²) in [5, 5.41) is 0. The summed E-state index contributed by atoms with van der Waals surface area (Å²) >= 11 is 0. The average molecular weight is 279 g/mol. The number of nitrogens with two attached hydrogens (primary N) is 1. The summed E-state index contributed by atoms with van der Waals surface area (Å²) < 4.78 is 5.40. The fourth-order valence-electron chi connectivity index (χ4n) is 2.25. The number of hydrogen-bond acceptors (Lipinski definition) is 3. The zero-order valence-corrected chi connectivity index (χ0v) is 12.5. The summed E-state index contributed by atoms with van der Waals surface area (Å²) in [6, 6.07) is 0.709. The molecule has 108 valence electrons. The van der Waals surface area contributed by atoms with Crippen molar-refractivity contribution in [3.63, 3.8) is 0 Å². The summed E-state index contributed by atoms with van der Waals surface area (Å²) in [5.41, 5.74) is 5.86. The van der Waals surface area contributed by atoms with Gasteiger partial charge in [-0.2, -0.15) is 0 Å². The fourth-order valence-corrected chi connectivity index (χ4v) is 2.25. The highest BCUT2D eigenvalue weighted by atomic mass is 35.5. The third kappa shape index (κ3) is 6.03. The Labute approximate surface area is 117 Å². The Bertz CT molecular complexity index is 241. The van der Waals surface area contributed by atoms with Gasteiger partial charge in [0.15, 0.2) is 0 Å². The van der Waals surface area contributed by atoms with Crippen LogP contribution < -0.4 is 5.73 Å². The third-order valence-corrected chi connectivity index (χ3v) is 3.45. The summed E-state index contributed by atoms with van der Waals surface area (Å²) in [5.74, 6) is 0.186. The summed E-state index contributed by atoms with van der Waals surface area (Å²) in [6.45, 7) is 4.49. The molecule has 0 aromatic heterocycles. The highest BCUT2D eigenvalue weighted by Crippen LogP contribution is 2.21. The monoisotopic (exact) mass is 278 g/mol. The van der Waals surface area contributed by atoms with Crippen molar-refractivity contribution < 1.29 is 9.53 Å². The molecule has 0 saturated heterocycles. The molecule has 18 heavy (non-hydrogen) atoms. The van der Waals surface area contributed by atoms with E-state index in [4.69, 9.17) is 10.5 Å². The quantitative estimate of drug-likeness (QED) is 0.836. The van der Waals surface area contributed by atoms with Gasteiger partial charge in [-0.15, -0.1) is 12.4 Å². The van der Waals surface area contributed by atoms with E-state index in [1.54, 1.807) is 0 Å². The van der Waals surface area contributed by atoms with Crippen molar-refractivity contribution in [2.24, 2.45) is 5.73 Å². The van der Waals surface area contributed by atoms with E-state index in [1.807, 2.05) is 25.8 Å². The molecule has 0 aromatic rings. The predicted octanol–water partition coefficient (Wildman–Crippen LogP) is 1.95. The van der Waals surface area contributed by atoms with Gasteiger partial charge in [-0.1, -0.05) is 0 Å². The molecular formula is C13H27ClN2O2. The molecule has 0 aromatic carbocycles. The van der Waals surface area contributed by atoms with E-state index >= 15 is 0 Å². The SMILES string of the molecule is CC(C)OCCC(=O)N(C)C1CCC(N)CC1.Cl. The fraction of sp³-hybridized carbons (Fsp3) is 0.923. The minimum atomic E-state index is 0. The van der Waals surface area contributed by atoms with E-state index < -0.39 is 0 Å². The number of ether oxygens (including phenoxy) is 1. The van der Waals surface area contributed by atoms with Crippen LogP contribution in [0.25, 0.3) is 0 Å². The predicted molar refractivity (Wildman–Crippen MR) is 76.0 cm³/mol. The number of carbonyl (C=O) groups is 1. The Kier molecular flexibility index (Phi) is 8.57. The number of rotatable bonds is 5. The molecule has 0 atom stereocenters. The molecule has 1 rings (SSSR count). The van der Waals surface area contributed by atoms with Crippen LogP contribution in [0.5, 0.6) is 0 Å². The van der Waals surface area contributed by atoms with Gasteiger partial charge >= 0.3 is 0 Å². The van der Waals surface area contributed by atoms with Crippen LogP contribution in [-0.4, -0.2) is 42.6 Å². The summed E-state index contributed by atoms with van der Waals surface area (Å²) in [6.07, 6.45) is 4.82. The Morgan fingerprint density at radius 1 is 1.33 bits per heavy atom. The number of halogens is 1. The number of hydrogen-bond donors (Lipinski definition) is 1. The lowest BCUT2D eigenvalue weighted by molar-refractivity contribution is -0.134. The van der Waals surface area contributed by atoms with Gasteiger partial charge in [0.05, 0.1) is 19.1 Å². The summed E-state index contributed by atoms with van der Waals surface area (Å²) in [4.78, 5) is 13.8. The van der Waals surface area contributed by atoms with E-state index in [9.17, 15) is 4.79 Å². The first-order chi connectivity index (χ1) is 8.00. The smallest absolute Gasteiger partial charge is 0.224 e. The lowest BCUT2D eigenvalue weighted by Crippen LogP contribution is -2.42. The molecule has 0 bridgehead atoms. The van der Waals surface area contributed by atoms with Gasteiger partial charge in [0.1, 0.15) is 0 Å². The zero-order valence-electron chi connectivity index (χ0n) is 11.7. The molecule has 1 saturated carbocycles. The maximum Gasteiger partial charge on any atom is 0.224 e. The number of amides is 1. The van der Waals surface area contributed by atoms with Gasteiger partial charge in [0.2, 0.25) is 5.91 Å². The highest BCUT2D eigenvalue weighted by molar-refractivity contribution is 5.85. The minimum absolute atomic E-state index is 0. The average Bonchev–Trinajstić information content (AvgIpc) is 2.28. The second-order valence-corrected chi connectivity index (χ2v) is 5.24. The van der Waals surface area contributed by atoms with Gasteiger partial charge in [-0.05, 0) is 39.5 Å². The van der Waals surface area contributed by atoms with Gasteiger partial charge in [-0.25, -0.2) is 0 Å². The minimum Gasteiger partial charge on any atom is -0.378 e. The lowest BCUT2D eigenvalue weighted by atomic mass is 9.91. The van der Waals surface area contributed by atoms with E-state index in [0.29, 0.717) is 25.1 Å². The van der Waals surface area contributed by atoms with Gasteiger partial charge in [-0.3, -0.25) is 4.79 Å². The molecule has 5 heteroatoms. The molecular weight excluding hydrogens is 252 g/mol. The second kappa shape index (κ2) is 8.73. The number of nitrogens with zero attached hydrogens (tertiary/aromatic N) is 1. The van der Waals surface area contributed by atoms with Gasteiger partial charge in [0.25, 0.3) is 0 Å². The van der Waals surface area contributed by atoms with Crippen LogP contribution in [0, 0.1) is 0 Å². The van der Waals surface area contributed by atoms with Crippen molar-refractivity contribution in [3.05, 3.63) is 0 Å². The molecule has 0 heterocycles. The van der Waals surface area contributed by atoms with E-state index in [0.717, 1.165) is 25.7 Å². The first-order valence-corrected chi connectivity index (χ1v) is 6.63. The van der Waals surface area contributed by atoms with E-state index in [-0.39, 0.29) is 24.4 Å². The molecule has 2 N–H and O–H groups in total. The largest absolute Gasteiger partial charge is 0.378 e. The van der Waals surface area contributed by atoms with Crippen molar-refractivity contribution in [1.82, 2.24) is 4.90 Å². The molecule has 0 aliphatic heterocycles. The highest BCUT2D eigenvalue weighted by Gasteiger charge is 2.24. The van der Waals surface area contributed by atoms with Crippen molar-refractivity contribution in [1.29, 1.82) is 0 Å². The molecule has 1 aliphatic rings. The molecule has 0 spiro atoms. The molecule has 1 aliphatic carbocycles. The van der Waals surface area contributed by atoms with Crippen molar-refractivity contribution in [2.45, 2.75) is 64.1 Å². The zero-order chi connectivity index (χ0) is 12.8. The van der Waals surface area contributed by atoms with Gasteiger partial charge < -0.3 is 15.4 Å². The Balaban J connectivity index is 0.00000289. The second-order valence-electron chi connectivity index (χ2n) is 5.24. The normalized spacial score (nSPS) is 23.6. The van der Waals surface area contributed by atoms with Crippen LogP contribution in [0.1, 0.15) is 46.0 Å². The van der Waals surface area contributed by atoms with Gasteiger partial charge in [0, 0.05) is 19.1 Å². The Morgan fingerprint density at radius 2 is 1.89 bits per heavy atom. The Morgan fingerprint density at radius 3 is 2.39 bits per heavy atom. The maximum atomic E-state index is 11.9. The standard InChI is InChI=1S/C13H26N2O2.ClH/c1-10(2)17-9-8-13(16)15(3)12-6-4-11(14)5-7-12;/h10-12H,4-9,14H2,1-3H3;1H. The van der Waals surface area contributed by atoms with Crippen LogP contribution in [0.3, 0.4) is 0 Å². The van der Waals surface area contributed by atoms with Crippen LogP contribution in [0.15, 0.2) is 0 Å². The van der Waals surface area contributed by atoms with Crippen LogP contribution in [0.4, 0.5) is 0 Å². The van der Waals surface area contributed by atoms with Crippen molar-refractivity contribution in [3.8, 4) is 0 Å². The molecule has 1 amide bonds. The topological polar surface area (TPSA) is 55.6 Å². The van der Waals surface area contributed by atoms with E-state index in [1.165, 1.54) is 0 Å². The Hall–Kier alpha value is -0.320. The van der Waals surface area contributed by atoms with Crippen molar-refractivity contribution >= 4 is 18.3 Å². The number of carbonyl (C=O) groups excluding carboxylic acids is 1. The molecule has 0 unspecified atom stereocenters. The summed E-state index contributed by atoms with van der Waals surface area (Å²) in [7, 11) is 1.90. The molecule has 0 radical (unpaired) electrons.